The van der Waals surface area contributed by atoms with Crippen LogP contribution in [0.5, 0.6) is 0 Å². The molecule has 0 aliphatic carbocycles. The van der Waals surface area contributed by atoms with E-state index >= 15 is 0 Å². The average molecular weight is 228 g/mol. The van der Waals surface area contributed by atoms with Gasteiger partial charge in [-0.05, 0) is 12.7 Å². The molecule has 86 valence electrons. The maximum absolute atomic E-state index is 5.99. The Kier molecular flexibility index (Phi) is 4.32. The molecule has 1 aromatic heterocycles. The van der Waals surface area contributed by atoms with Crippen molar-refractivity contribution >= 4 is 23.3 Å². The van der Waals surface area contributed by atoms with Crippen molar-refractivity contribution in [2.45, 2.75) is 25.5 Å². The van der Waals surface area contributed by atoms with E-state index in [1.165, 1.54) is 0 Å². The first kappa shape index (κ1) is 12.2. The van der Waals surface area contributed by atoms with Gasteiger partial charge in [-0.1, -0.05) is 13.8 Å². The number of nitrogens with zero attached hydrogens (tertiary/aromatic N) is 2. The Balaban J connectivity index is 2.72. The Labute approximate surface area is 95.6 Å². The van der Waals surface area contributed by atoms with Crippen LogP contribution >= 0.6 is 11.8 Å². The van der Waals surface area contributed by atoms with Gasteiger partial charge in [0.15, 0.2) is 0 Å². The lowest BCUT2D eigenvalue weighted by Crippen LogP contribution is -2.15. The zero-order valence-corrected chi connectivity index (χ0v) is 10.7. The normalized spacial score (nSPS) is 12.8. The van der Waals surface area contributed by atoms with E-state index in [2.05, 4.69) is 30.5 Å². The molecule has 0 radical (unpaired) electrons. The summed E-state index contributed by atoms with van der Waals surface area (Å²) in [5.41, 5.74) is 7.74. The number of nitrogens with two attached hydrogens (primary N) is 1. The van der Waals surface area contributed by atoms with Gasteiger partial charge in [0.1, 0.15) is 5.82 Å². The fourth-order valence-corrected chi connectivity index (χ4v) is 1.64. The molecule has 0 amide bonds. The van der Waals surface area contributed by atoms with Crippen LogP contribution in [0, 0.1) is 0 Å². The topological polar surface area (TPSA) is 55.9 Å². The highest BCUT2D eigenvalue weighted by Gasteiger charge is 2.11. The van der Waals surface area contributed by atoms with Crippen LogP contribution in [0.15, 0.2) is 0 Å². The van der Waals surface area contributed by atoms with Crippen molar-refractivity contribution in [2.75, 3.05) is 23.9 Å². The molecule has 15 heavy (non-hydrogen) atoms. The number of thioether (sulfide) groups is 1. The summed E-state index contributed by atoms with van der Waals surface area (Å²) in [6.07, 6.45) is 2.98. The molecule has 1 rings (SSSR count). The number of hydrogen-bond acceptors (Lipinski definition) is 4. The largest absolute Gasteiger partial charge is 0.394 e. The lowest BCUT2D eigenvalue weighted by atomic mass is 10.3. The number of rotatable bonds is 5. The first-order valence-corrected chi connectivity index (χ1v) is 6.46. The number of hydrogen-bond donors (Lipinski definition) is 2. The highest BCUT2D eigenvalue weighted by molar-refractivity contribution is 7.99. The molecule has 0 fully saturated rings. The number of nitrogens with one attached hydrogen (secondary N) is 1. The molecular formula is C10H20N4S. The Morgan fingerprint density at radius 3 is 2.73 bits per heavy atom. The van der Waals surface area contributed by atoms with E-state index in [1.807, 2.05) is 23.5 Å². The fourth-order valence-electron chi connectivity index (χ4n) is 1.39. The third-order valence-corrected chi connectivity index (χ3v) is 3.43. The van der Waals surface area contributed by atoms with Crippen LogP contribution in [-0.4, -0.2) is 27.8 Å². The predicted octanol–water partition coefficient (Wildman–Crippen LogP) is 1.73. The summed E-state index contributed by atoms with van der Waals surface area (Å²) in [6.45, 7) is 5.16. The molecule has 4 nitrogen and oxygen atoms in total. The molecule has 1 unspecified atom stereocenters. The fraction of sp³-hybridized carbons (Fsp3) is 0.700. The zero-order valence-electron chi connectivity index (χ0n) is 9.87. The molecular weight excluding hydrogens is 208 g/mol. The van der Waals surface area contributed by atoms with Crippen molar-refractivity contribution in [3.63, 3.8) is 0 Å². The van der Waals surface area contributed by atoms with E-state index in [4.69, 9.17) is 5.73 Å². The lowest BCUT2D eigenvalue weighted by Gasteiger charge is -2.11. The molecule has 0 saturated heterocycles. The monoisotopic (exact) mass is 228 g/mol. The highest BCUT2D eigenvalue weighted by Crippen LogP contribution is 2.22. The van der Waals surface area contributed by atoms with E-state index in [9.17, 15) is 0 Å². The van der Waals surface area contributed by atoms with E-state index in [0.29, 0.717) is 5.25 Å². The molecule has 3 N–H and O–H groups in total. The summed E-state index contributed by atoms with van der Waals surface area (Å²) in [7, 11) is 1.92. The molecule has 0 aliphatic rings. The highest BCUT2D eigenvalue weighted by atomic mass is 32.2. The van der Waals surface area contributed by atoms with Crippen molar-refractivity contribution < 1.29 is 0 Å². The van der Waals surface area contributed by atoms with Gasteiger partial charge >= 0.3 is 0 Å². The molecule has 0 aromatic carbocycles. The molecule has 0 saturated carbocycles. The second-order valence-corrected chi connectivity index (χ2v) is 4.89. The van der Waals surface area contributed by atoms with Crippen molar-refractivity contribution in [3.05, 3.63) is 5.69 Å². The minimum absolute atomic E-state index is 0.573. The summed E-state index contributed by atoms with van der Waals surface area (Å²) in [5, 5.41) is 8.27. The summed E-state index contributed by atoms with van der Waals surface area (Å²) < 4.78 is 1.82. The first-order valence-electron chi connectivity index (χ1n) is 5.18. The van der Waals surface area contributed by atoms with Gasteiger partial charge in [0.2, 0.25) is 0 Å². The number of nitrogen functional groups attached to an aromatic ring is 1. The van der Waals surface area contributed by atoms with Gasteiger partial charge in [0.25, 0.3) is 0 Å². The van der Waals surface area contributed by atoms with E-state index in [1.54, 1.807) is 0 Å². The summed E-state index contributed by atoms with van der Waals surface area (Å²) >= 11 is 1.84. The minimum Gasteiger partial charge on any atom is -0.394 e. The van der Waals surface area contributed by atoms with E-state index < -0.39 is 0 Å². The Hall–Kier alpha value is -0.840. The van der Waals surface area contributed by atoms with Crippen molar-refractivity contribution in [3.8, 4) is 0 Å². The third-order valence-electron chi connectivity index (χ3n) is 2.45. The van der Waals surface area contributed by atoms with Gasteiger partial charge < -0.3 is 11.1 Å². The SMILES string of the molecule is CCc1nn(C)c(NCC(C)SC)c1N. The molecule has 1 aromatic rings. The molecule has 5 heteroatoms. The van der Waals surface area contributed by atoms with E-state index in [-0.39, 0.29) is 0 Å². The van der Waals surface area contributed by atoms with Crippen molar-refractivity contribution in [2.24, 2.45) is 7.05 Å². The maximum Gasteiger partial charge on any atom is 0.147 e. The van der Waals surface area contributed by atoms with E-state index in [0.717, 1.165) is 30.2 Å². The van der Waals surface area contributed by atoms with Crippen molar-refractivity contribution in [1.29, 1.82) is 0 Å². The minimum atomic E-state index is 0.573. The van der Waals surface area contributed by atoms with Gasteiger partial charge in [0, 0.05) is 18.8 Å². The third kappa shape index (κ3) is 2.81. The van der Waals surface area contributed by atoms with Crippen molar-refractivity contribution in [1.82, 2.24) is 9.78 Å². The van der Waals surface area contributed by atoms with Gasteiger partial charge in [-0.2, -0.15) is 16.9 Å². The second-order valence-electron chi connectivity index (χ2n) is 3.61. The lowest BCUT2D eigenvalue weighted by molar-refractivity contribution is 0.747. The summed E-state index contributed by atoms with van der Waals surface area (Å²) in [5.74, 6) is 0.938. The number of aryl methyl sites for hydroxylation is 2. The summed E-state index contributed by atoms with van der Waals surface area (Å²) in [4.78, 5) is 0. The zero-order chi connectivity index (χ0) is 11.4. The van der Waals surface area contributed by atoms with Crippen LogP contribution in [0.2, 0.25) is 0 Å². The predicted molar refractivity (Wildman–Crippen MR) is 68.5 cm³/mol. The Bertz CT molecular complexity index is 321. The molecule has 0 aliphatic heterocycles. The smallest absolute Gasteiger partial charge is 0.147 e. The quantitative estimate of drug-likeness (QED) is 0.806. The molecule has 1 atom stereocenters. The Morgan fingerprint density at radius 2 is 2.27 bits per heavy atom. The molecule has 1 heterocycles. The van der Waals surface area contributed by atoms with Crippen LogP contribution in [-0.2, 0) is 13.5 Å². The molecule has 0 spiro atoms. The van der Waals surface area contributed by atoms with Crippen LogP contribution in [0.25, 0.3) is 0 Å². The second kappa shape index (κ2) is 5.30. The number of aromatic nitrogens is 2. The maximum atomic E-state index is 5.99. The summed E-state index contributed by atoms with van der Waals surface area (Å²) in [6, 6.07) is 0. The standard InChI is InChI=1S/C10H20N4S/c1-5-8-9(11)10(14(3)13-8)12-6-7(2)15-4/h7,12H,5-6,11H2,1-4H3. The van der Waals surface area contributed by atoms with Gasteiger partial charge in [-0.25, -0.2) is 0 Å². The van der Waals surface area contributed by atoms with Gasteiger partial charge in [-0.15, -0.1) is 0 Å². The van der Waals surface area contributed by atoms with Gasteiger partial charge in [-0.3, -0.25) is 4.68 Å². The average Bonchev–Trinajstić information content (AvgIpc) is 2.51. The van der Waals surface area contributed by atoms with Crippen LogP contribution in [0.1, 0.15) is 19.5 Å². The Morgan fingerprint density at radius 1 is 1.60 bits per heavy atom. The van der Waals surface area contributed by atoms with Crippen LogP contribution < -0.4 is 11.1 Å². The van der Waals surface area contributed by atoms with Crippen LogP contribution in [0.3, 0.4) is 0 Å². The molecule has 0 bridgehead atoms. The van der Waals surface area contributed by atoms with Crippen LogP contribution in [0.4, 0.5) is 11.5 Å². The first-order chi connectivity index (χ1) is 7.10. The van der Waals surface area contributed by atoms with Gasteiger partial charge in [0.05, 0.1) is 11.4 Å². The number of anilines is 2.